The molecule has 2 aromatic rings. The van der Waals surface area contributed by atoms with Crippen LogP contribution in [0, 0.1) is 11.7 Å². The van der Waals surface area contributed by atoms with Gasteiger partial charge in [0.05, 0.1) is 12.2 Å². The van der Waals surface area contributed by atoms with E-state index in [1.54, 1.807) is 6.20 Å². The third-order valence-corrected chi connectivity index (χ3v) is 5.42. The molecule has 4 rings (SSSR count). The van der Waals surface area contributed by atoms with Crippen LogP contribution in [0.15, 0.2) is 30.5 Å². The molecule has 26 heavy (non-hydrogen) atoms. The predicted molar refractivity (Wildman–Crippen MR) is 95.3 cm³/mol. The quantitative estimate of drug-likeness (QED) is 0.910. The van der Waals surface area contributed by atoms with Crippen LogP contribution in [-0.4, -0.2) is 52.0 Å². The van der Waals surface area contributed by atoms with Gasteiger partial charge in [0.1, 0.15) is 5.82 Å². The lowest BCUT2D eigenvalue weighted by Gasteiger charge is -2.22. The Morgan fingerprint density at radius 2 is 1.96 bits per heavy atom. The summed E-state index contributed by atoms with van der Waals surface area (Å²) in [6, 6.07) is 6.96. The average molecular weight is 357 g/mol. The molecule has 6 nitrogen and oxygen atoms in total. The molecule has 0 aliphatic carbocycles. The molecule has 138 valence electrons. The van der Waals surface area contributed by atoms with Gasteiger partial charge in [-0.1, -0.05) is 17.3 Å². The molecule has 1 aromatic carbocycles. The van der Waals surface area contributed by atoms with E-state index in [4.69, 9.17) is 0 Å². The maximum Gasteiger partial charge on any atom is 0.276 e. The molecule has 0 saturated carbocycles. The molecular weight excluding hydrogens is 333 g/mol. The standard InChI is InChI=1S/C19H24FN5O/c20-16-3-1-14(2-4-16)11-15-7-10-24(12-15)19(26)18-13-25(23-22-18)17-5-8-21-9-6-17/h1-4,13,15,17,21H,5-12H2. The van der Waals surface area contributed by atoms with E-state index >= 15 is 0 Å². The molecule has 1 atom stereocenters. The highest BCUT2D eigenvalue weighted by Gasteiger charge is 2.29. The Morgan fingerprint density at radius 1 is 1.19 bits per heavy atom. The molecule has 1 aromatic heterocycles. The maximum absolute atomic E-state index is 13.0. The Morgan fingerprint density at radius 3 is 2.73 bits per heavy atom. The third kappa shape index (κ3) is 3.77. The summed E-state index contributed by atoms with van der Waals surface area (Å²) in [5.74, 6) is 0.157. The van der Waals surface area contributed by atoms with Crippen LogP contribution in [0.1, 0.15) is 41.4 Å². The van der Waals surface area contributed by atoms with E-state index in [1.165, 1.54) is 12.1 Å². The summed E-state index contributed by atoms with van der Waals surface area (Å²) >= 11 is 0. The van der Waals surface area contributed by atoms with Gasteiger partial charge >= 0.3 is 0 Å². The van der Waals surface area contributed by atoms with Crippen LogP contribution in [0.2, 0.25) is 0 Å². The number of hydrogen-bond acceptors (Lipinski definition) is 4. The Kier molecular flexibility index (Phi) is 4.97. The van der Waals surface area contributed by atoms with E-state index < -0.39 is 0 Å². The number of nitrogens with one attached hydrogen (secondary N) is 1. The van der Waals surface area contributed by atoms with Crippen molar-refractivity contribution in [1.29, 1.82) is 0 Å². The van der Waals surface area contributed by atoms with Gasteiger partial charge < -0.3 is 10.2 Å². The maximum atomic E-state index is 13.0. The number of piperidine rings is 1. The third-order valence-electron chi connectivity index (χ3n) is 5.42. The minimum Gasteiger partial charge on any atom is -0.337 e. The number of amides is 1. The van der Waals surface area contributed by atoms with Crippen molar-refractivity contribution in [2.24, 2.45) is 5.92 Å². The molecule has 2 fully saturated rings. The van der Waals surface area contributed by atoms with E-state index in [0.717, 1.165) is 57.4 Å². The first-order valence-corrected chi connectivity index (χ1v) is 9.35. The van der Waals surface area contributed by atoms with Crippen LogP contribution >= 0.6 is 0 Å². The van der Waals surface area contributed by atoms with Gasteiger partial charge in [-0.3, -0.25) is 4.79 Å². The Labute approximate surface area is 152 Å². The fourth-order valence-electron chi connectivity index (χ4n) is 3.92. The summed E-state index contributed by atoms with van der Waals surface area (Å²) in [6.07, 6.45) is 5.66. The van der Waals surface area contributed by atoms with Crippen molar-refractivity contribution in [3.63, 3.8) is 0 Å². The van der Waals surface area contributed by atoms with Gasteiger partial charge in [-0.2, -0.15) is 0 Å². The first-order chi connectivity index (χ1) is 12.7. The molecule has 0 radical (unpaired) electrons. The van der Waals surface area contributed by atoms with Crippen LogP contribution in [-0.2, 0) is 6.42 Å². The monoisotopic (exact) mass is 357 g/mol. The summed E-state index contributed by atoms with van der Waals surface area (Å²) < 4.78 is 14.9. The second kappa shape index (κ2) is 7.53. The van der Waals surface area contributed by atoms with E-state index in [2.05, 4.69) is 15.6 Å². The number of aromatic nitrogens is 3. The van der Waals surface area contributed by atoms with E-state index in [9.17, 15) is 9.18 Å². The van der Waals surface area contributed by atoms with Gasteiger partial charge in [-0.15, -0.1) is 5.10 Å². The predicted octanol–water partition coefficient (Wildman–Crippen LogP) is 2.05. The Balaban J connectivity index is 1.35. The highest BCUT2D eigenvalue weighted by Crippen LogP contribution is 2.23. The molecule has 1 N–H and O–H groups in total. The van der Waals surface area contributed by atoms with Gasteiger partial charge in [0.25, 0.3) is 5.91 Å². The lowest BCUT2D eigenvalue weighted by atomic mass is 9.99. The zero-order chi connectivity index (χ0) is 17.9. The largest absolute Gasteiger partial charge is 0.337 e. The minimum absolute atomic E-state index is 0.0354. The van der Waals surface area contributed by atoms with Gasteiger partial charge in [0, 0.05) is 13.1 Å². The number of benzene rings is 1. The Hall–Kier alpha value is -2.28. The molecule has 1 unspecified atom stereocenters. The summed E-state index contributed by atoms with van der Waals surface area (Å²) in [5, 5.41) is 11.6. The van der Waals surface area contributed by atoms with Crippen molar-refractivity contribution in [3.8, 4) is 0 Å². The molecule has 2 aliphatic heterocycles. The van der Waals surface area contributed by atoms with E-state index in [1.807, 2.05) is 21.7 Å². The lowest BCUT2D eigenvalue weighted by molar-refractivity contribution is 0.0781. The number of nitrogens with zero attached hydrogens (tertiary/aromatic N) is 4. The molecule has 1 amide bonds. The highest BCUT2D eigenvalue weighted by atomic mass is 19.1. The van der Waals surface area contributed by atoms with Crippen molar-refractivity contribution < 1.29 is 9.18 Å². The summed E-state index contributed by atoms with van der Waals surface area (Å²) in [5.41, 5.74) is 1.55. The first-order valence-electron chi connectivity index (χ1n) is 9.35. The Bertz CT molecular complexity index is 754. The molecule has 2 saturated heterocycles. The number of likely N-dealkylation sites (tertiary alicyclic amines) is 1. The van der Waals surface area contributed by atoms with Gasteiger partial charge in [-0.25, -0.2) is 9.07 Å². The second-order valence-electron chi connectivity index (χ2n) is 7.30. The zero-order valence-corrected chi connectivity index (χ0v) is 14.8. The van der Waals surface area contributed by atoms with Gasteiger partial charge in [0.2, 0.25) is 0 Å². The van der Waals surface area contributed by atoms with Crippen LogP contribution < -0.4 is 5.32 Å². The van der Waals surface area contributed by atoms with Crippen molar-refractivity contribution in [3.05, 3.63) is 47.5 Å². The van der Waals surface area contributed by atoms with Gasteiger partial charge in [-0.05, 0) is 62.4 Å². The molecule has 7 heteroatoms. The van der Waals surface area contributed by atoms with Crippen LogP contribution in [0.25, 0.3) is 0 Å². The molecule has 0 spiro atoms. The van der Waals surface area contributed by atoms with Crippen LogP contribution in [0.3, 0.4) is 0 Å². The van der Waals surface area contributed by atoms with Crippen molar-refractivity contribution in [1.82, 2.24) is 25.2 Å². The fraction of sp³-hybridized carbons (Fsp3) is 0.526. The van der Waals surface area contributed by atoms with Crippen LogP contribution in [0.4, 0.5) is 4.39 Å². The van der Waals surface area contributed by atoms with E-state index in [-0.39, 0.29) is 11.7 Å². The van der Waals surface area contributed by atoms with Crippen LogP contribution in [0.5, 0.6) is 0 Å². The second-order valence-corrected chi connectivity index (χ2v) is 7.30. The van der Waals surface area contributed by atoms with E-state index in [0.29, 0.717) is 17.7 Å². The summed E-state index contributed by atoms with van der Waals surface area (Å²) in [7, 11) is 0. The number of hydrogen-bond donors (Lipinski definition) is 1. The number of halogens is 1. The summed E-state index contributed by atoms with van der Waals surface area (Å²) in [6.45, 7) is 3.41. The van der Waals surface area contributed by atoms with Crippen molar-refractivity contribution >= 4 is 5.91 Å². The molecular formula is C19H24FN5O. The van der Waals surface area contributed by atoms with Crippen molar-refractivity contribution in [2.75, 3.05) is 26.2 Å². The SMILES string of the molecule is O=C(c1cn(C2CCNCC2)nn1)N1CCC(Cc2ccc(F)cc2)C1. The average Bonchev–Trinajstić information content (AvgIpc) is 3.34. The molecule has 2 aliphatic rings. The summed E-state index contributed by atoms with van der Waals surface area (Å²) in [4.78, 5) is 14.6. The van der Waals surface area contributed by atoms with Crippen molar-refractivity contribution in [2.45, 2.75) is 31.7 Å². The lowest BCUT2D eigenvalue weighted by Crippen LogP contribution is -2.30. The zero-order valence-electron chi connectivity index (χ0n) is 14.8. The normalized spacial score (nSPS) is 21.3. The minimum atomic E-state index is -0.214. The fourth-order valence-corrected chi connectivity index (χ4v) is 3.92. The highest BCUT2D eigenvalue weighted by molar-refractivity contribution is 5.92. The first kappa shape index (κ1) is 17.1. The smallest absolute Gasteiger partial charge is 0.276 e. The molecule has 3 heterocycles. The number of carbonyl (C=O) groups is 1. The number of rotatable bonds is 4. The van der Waals surface area contributed by atoms with Gasteiger partial charge in [0.15, 0.2) is 5.69 Å². The number of carbonyl (C=O) groups excluding carboxylic acids is 1. The molecule has 0 bridgehead atoms. The topological polar surface area (TPSA) is 63.1 Å².